The quantitative estimate of drug-likeness (QED) is 0.860. The van der Waals surface area contributed by atoms with Crippen LogP contribution in [0.15, 0.2) is 17.2 Å². The second-order valence-electron chi connectivity index (χ2n) is 4.27. The van der Waals surface area contributed by atoms with Gasteiger partial charge >= 0.3 is 5.97 Å². The Balaban J connectivity index is 1.85. The number of carbonyl (C=O) groups is 1. The Kier molecular flexibility index (Phi) is 2.85. The molecule has 3 rings (SSSR count). The van der Waals surface area contributed by atoms with Crippen LogP contribution in [0.2, 0.25) is 0 Å². The lowest BCUT2D eigenvalue weighted by Crippen LogP contribution is -2.45. The molecule has 1 aliphatic rings. The summed E-state index contributed by atoms with van der Waals surface area (Å²) in [7, 11) is 0. The minimum absolute atomic E-state index is 0.443. The number of thiazole rings is 1. The van der Waals surface area contributed by atoms with Crippen molar-refractivity contribution in [3.05, 3.63) is 34.3 Å². The molecule has 7 heteroatoms. The van der Waals surface area contributed by atoms with E-state index in [9.17, 15) is 9.90 Å². The van der Waals surface area contributed by atoms with Crippen molar-refractivity contribution in [3.63, 3.8) is 0 Å². The van der Waals surface area contributed by atoms with Gasteiger partial charge in [0.2, 0.25) is 0 Å². The van der Waals surface area contributed by atoms with Crippen LogP contribution in [0, 0.1) is 0 Å². The van der Waals surface area contributed by atoms with Crippen LogP contribution in [0.5, 0.6) is 0 Å². The zero-order chi connectivity index (χ0) is 12.5. The van der Waals surface area contributed by atoms with E-state index in [0.29, 0.717) is 19.5 Å². The van der Waals surface area contributed by atoms with E-state index in [4.69, 9.17) is 0 Å². The van der Waals surface area contributed by atoms with E-state index in [-0.39, 0.29) is 0 Å². The Bertz CT molecular complexity index is 551. The number of rotatable bonds is 3. The first-order valence-electron chi connectivity index (χ1n) is 5.59. The van der Waals surface area contributed by atoms with E-state index in [2.05, 4.69) is 15.0 Å². The molecule has 2 aromatic rings. The Hall–Kier alpha value is -1.73. The molecule has 1 unspecified atom stereocenters. The number of fused-ring (bicyclic) bond motifs is 1. The van der Waals surface area contributed by atoms with Crippen LogP contribution >= 0.6 is 11.3 Å². The molecule has 2 aromatic heterocycles. The fourth-order valence-electron chi connectivity index (χ4n) is 2.22. The Morgan fingerprint density at radius 3 is 3.22 bits per heavy atom. The Morgan fingerprint density at radius 1 is 1.61 bits per heavy atom. The number of imidazole rings is 1. The third-order valence-electron chi connectivity index (χ3n) is 3.13. The van der Waals surface area contributed by atoms with Crippen molar-refractivity contribution in [1.29, 1.82) is 0 Å². The molecule has 0 fully saturated rings. The van der Waals surface area contributed by atoms with Gasteiger partial charge in [-0.15, -0.1) is 11.3 Å². The number of aromatic amines is 1. The maximum Gasteiger partial charge on any atom is 0.321 e. The summed E-state index contributed by atoms with van der Waals surface area (Å²) in [5.74, 6) is -0.807. The maximum atomic E-state index is 11.3. The van der Waals surface area contributed by atoms with E-state index < -0.39 is 12.0 Å². The van der Waals surface area contributed by atoms with Gasteiger partial charge in [-0.25, -0.2) is 9.97 Å². The fraction of sp³-hybridized carbons (Fsp3) is 0.364. The number of hydrogen-bond acceptors (Lipinski definition) is 5. The molecule has 0 aliphatic carbocycles. The summed E-state index contributed by atoms with van der Waals surface area (Å²) in [4.78, 5) is 24.7. The van der Waals surface area contributed by atoms with Crippen LogP contribution in [0.4, 0.5) is 0 Å². The molecule has 0 bridgehead atoms. The fourth-order valence-corrected chi connectivity index (χ4v) is 2.77. The van der Waals surface area contributed by atoms with Crippen molar-refractivity contribution in [2.24, 2.45) is 0 Å². The normalized spacial score (nSPS) is 19.7. The molecular formula is C11H12N4O2S. The van der Waals surface area contributed by atoms with Crippen LogP contribution in [0.3, 0.4) is 0 Å². The summed E-state index contributed by atoms with van der Waals surface area (Å²) in [6, 6.07) is -0.525. The van der Waals surface area contributed by atoms with Crippen LogP contribution in [-0.2, 0) is 24.3 Å². The molecule has 94 valence electrons. The molecule has 0 aromatic carbocycles. The minimum atomic E-state index is -0.807. The largest absolute Gasteiger partial charge is 0.480 e. The van der Waals surface area contributed by atoms with Gasteiger partial charge in [-0.1, -0.05) is 0 Å². The molecule has 0 spiro atoms. The molecule has 1 aliphatic heterocycles. The zero-order valence-corrected chi connectivity index (χ0v) is 10.4. The molecule has 0 saturated carbocycles. The highest BCUT2D eigenvalue weighted by molar-refractivity contribution is 7.07. The molecule has 0 radical (unpaired) electrons. The molecule has 3 heterocycles. The number of carboxylic acid groups (broad SMARTS) is 1. The second-order valence-corrected chi connectivity index (χ2v) is 4.99. The predicted octanol–water partition coefficient (Wildman–Crippen LogP) is 0.878. The van der Waals surface area contributed by atoms with Crippen LogP contribution in [0.25, 0.3) is 0 Å². The summed E-state index contributed by atoms with van der Waals surface area (Å²) in [5.41, 5.74) is 4.53. The van der Waals surface area contributed by atoms with E-state index in [1.165, 1.54) is 11.3 Å². The zero-order valence-electron chi connectivity index (χ0n) is 9.54. The van der Waals surface area contributed by atoms with E-state index in [1.54, 1.807) is 11.8 Å². The lowest BCUT2D eigenvalue weighted by Gasteiger charge is -2.31. The van der Waals surface area contributed by atoms with Crippen molar-refractivity contribution in [2.75, 3.05) is 0 Å². The Morgan fingerprint density at radius 2 is 2.50 bits per heavy atom. The van der Waals surface area contributed by atoms with E-state index >= 15 is 0 Å². The number of nitrogens with zero attached hydrogens (tertiary/aromatic N) is 3. The average Bonchev–Trinajstić information content (AvgIpc) is 2.97. The molecule has 1 atom stereocenters. The number of hydrogen-bond donors (Lipinski definition) is 2. The van der Waals surface area contributed by atoms with Crippen molar-refractivity contribution >= 4 is 17.3 Å². The first kappa shape index (κ1) is 11.4. The van der Waals surface area contributed by atoms with Crippen molar-refractivity contribution in [3.8, 4) is 0 Å². The maximum absolute atomic E-state index is 11.3. The van der Waals surface area contributed by atoms with E-state index in [1.807, 2.05) is 10.3 Å². The highest BCUT2D eigenvalue weighted by atomic mass is 32.1. The number of carboxylic acids is 1. The lowest BCUT2D eigenvalue weighted by atomic mass is 10.0. The topological polar surface area (TPSA) is 82.1 Å². The molecule has 0 amide bonds. The van der Waals surface area contributed by atoms with Crippen molar-refractivity contribution < 1.29 is 9.90 Å². The SMILES string of the molecule is O=C(O)C1Cc2nc[nH]c2CN1Cc1cscn1. The van der Waals surface area contributed by atoms with Gasteiger partial charge in [-0.2, -0.15) is 0 Å². The molecule has 6 nitrogen and oxygen atoms in total. The lowest BCUT2D eigenvalue weighted by molar-refractivity contribution is -0.144. The summed E-state index contributed by atoms with van der Waals surface area (Å²) < 4.78 is 0. The van der Waals surface area contributed by atoms with Gasteiger partial charge in [0, 0.05) is 24.9 Å². The van der Waals surface area contributed by atoms with Crippen LogP contribution < -0.4 is 0 Å². The van der Waals surface area contributed by atoms with E-state index in [0.717, 1.165) is 17.1 Å². The summed E-state index contributed by atoms with van der Waals surface area (Å²) >= 11 is 1.52. The first-order valence-corrected chi connectivity index (χ1v) is 6.53. The van der Waals surface area contributed by atoms with Gasteiger partial charge in [0.25, 0.3) is 0 Å². The summed E-state index contributed by atoms with van der Waals surface area (Å²) in [6.07, 6.45) is 2.06. The van der Waals surface area contributed by atoms with Gasteiger partial charge < -0.3 is 10.1 Å². The first-order chi connectivity index (χ1) is 8.74. The van der Waals surface area contributed by atoms with Crippen molar-refractivity contribution in [1.82, 2.24) is 19.9 Å². The number of H-pyrrole nitrogens is 1. The summed E-state index contributed by atoms with van der Waals surface area (Å²) in [5, 5.41) is 11.2. The highest BCUT2D eigenvalue weighted by Gasteiger charge is 2.33. The Labute approximate surface area is 107 Å². The van der Waals surface area contributed by atoms with Gasteiger partial charge in [-0.05, 0) is 0 Å². The molecule has 2 N–H and O–H groups in total. The van der Waals surface area contributed by atoms with Gasteiger partial charge in [0.15, 0.2) is 0 Å². The highest BCUT2D eigenvalue weighted by Crippen LogP contribution is 2.22. The second kappa shape index (κ2) is 4.51. The standard InChI is InChI=1S/C11H12N4O2S/c16-11(17)10-1-8-9(13-5-12-8)3-15(10)2-7-4-18-6-14-7/h4-6,10H,1-3H2,(H,12,13)(H,16,17). The molecule has 18 heavy (non-hydrogen) atoms. The van der Waals surface area contributed by atoms with Gasteiger partial charge in [0.1, 0.15) is 6.04 Å². The minimum Gasteiger partial charge on any atom is -0.480 e. The third-order valence-corrected chi connectivity index (χ3v) is 3.77. The van der Waals surface area contributed by atoms with Gasteiger partial charge in [0.05, 0.1) is 28.9 Å². The number of nitrogens with one attached hydrogen (secondary N) is 1. The number of aliphatic carboxylic acids is 1. The third kappa shape index (κ3) is 2.02. The predicted molar refractivity (Wildman–Crippen MR) is 65.1 cm³/mol. The van der Waals surface area contributed by atoms with Crippen molar-refractivity contribution in [2.45, 2.75) is 25.6 Å². The monoisotopic (exact) mass is 264 g/mol. The smallest absolute Gasteiger partial charge is 0.321 e. The molecular weight excluding hydrogens is 252 g/mol. The number of aromatic nitrogens is 3. The summed E-state index contributed by atoms with van der Waals surface area (Å²) in [6.45, 7) is 1.13. The van der Waals surface area contributed by atoms with Crippen LogP contribution in [-0.4, -0.2) is 37.0 Å². The van der Waals surface area contributed by atoms with Crippen LogP contribution in [0.1, 0.15) is 17.1 Å². The molecule has 0 saturated heterocycles. The average molecular weight is 264 g/mol. The van der Waals surface area contributed by atoms with Gasteiger partial charge in [-0.3, -0.25) is 9.69 Å².